The minimum Gasteiger partial charge on any atom is -0.481 e. The van der Waals surface area contributed by atoms with Crippen molar-refractivity contribution < 1.29 is 83.6 Å². The zero-order chi connectivity index (χ0) is 57.7. The molecule has 2 aliphatic heterocycles. The lowest BCUT2D eigenvalue weighted by Crippen LogP contribution is -2.53. The van der Waals surface area contributed by atoms with E-state index in [2.05, 4.69) is 31.2 Å². The molecule has 0 saturated carbocycles. The second-order valence-electron chi connectivity index (χ2n) is 19.5. The summed E-state index contributed by atoms with van der Waals surface area (Å²) in [5.41, 5.74) is 1.44. The number of amides is 2. The van der Waals surface area contributed by atoms with E-state index in [-0.39, 0.29) is 103 Å². The molecule has 1 aromatic heterocycles. The number of carbonyl (C=O) groups is 9. The van der Waals surface area contributed by atoms with Crippen molar-refractivity contribution in [2.24, 2.45) is 0 Å². The fourth-order valence-electron chi connectivity index (χ4n) is 9.00. The van der Waals surface area contributed by atoms with E-state index in [4.69, 9.17) is 14.8 Å². The van der Waals surface area contributed by atoms with Crippen molar-refractivity contribution in [1.29, 1.82) is 0 Å². The number of carboxylic acid groups (broad SMARTS) is 7. The second-order valence-corrected chi connectivity index (χ2v) is 19.5. The molecule has 1 aromatic carbocycles. The second kappa shape index (κ2) is 34.5. The number of aromatic nitrogens is 3. The molecular formula is C50H76N12O17. The van der Waals surface area contributed by atoms with Crippen LogP contribution in [0.3, 0.4) is 0 Å². The molecular weight excluding hydrogens is 1040 g/mol. The summed E-state index contributed by atoms with van der Waals surface area (Å²) in [4.78, 5) is 129. The van der Waals surface area contributed by atoms with Crippen LogP contribution in [0.5, 0.6) is 0 Å². The molecule has 2 saturated heterocycles. The van der Waals surface area contributed by atoms with Crippen LogP contribution in [0.2, 0.25) is 0 Å². The van der Waals surface area contributed by atoms with Gasteiger partial charge in [-0.2, -0.15) is 15.0 Å². The minimum absolute atomic E-state index is 0.00563. The molecule has 0 aliphatic carbocycles. The molecule has 3 heterocycles. The number of Topliss-reactive ketones (excluding diaryl/α,β-unsaturated/α-hetero) is 1. The molecule has 2 aliphatic rings. The van der Waals surface area contributed by atoms with Crippen molar-refractivity contribution in [3.05, 3.63) is 29.8 Å². The molecule has 11 N–H and O–H groups in total. The number of carbonyl (C=O) groups excluding carboxylic acids is 2. The third-order valence-electron chi connectivity index (χ3n) is 13.1. The number of hydrogen-bond acceptors (Lipinski definition) is 20. The van der Waals surface area contributed by atoms with E-state index in [0.29, 0.717) is 82.5 Å². The van der Waals surface area contributed by atoms with Crippen molar-refractivity contribution >= 4 is 77.1 Å². The van der Waals surface area contributed by atoms with Crippen LogP contribution in [-0.2, 0) is 49.5 Å². The first-order chi connectivity index (χ1) is 37.7. The van der Waals surface area contributed by atoms with Crippen LogP contribution in [0, 0.1) is 0 Å². The van der Waals surface area contributed by atoms with Gasteiger partial charge < -0.3 is 66.6 Å². The molecule has 29 heteroatoms. The highest BCUT2D eigenvalue weighted by molar-refractivity contribution is 5.86. The van der Waals surface area contributed by atoms with Gasteiger partial charge in [-0.25, -0.2) is 14.4 Å². The fourth-order valence-corrected chi connectivity index (χ4v) is 9.00. The molecule has 3 atom stereocenters. The lowest BCUT2D eigenvalue weighted by atomic mass is 10.0. The first-order valence-electron chi connectivity index (χ1n) is 26.5. The normalized spacial score (nSPS) is 17.0. The van der Waals surface area contributed by atoms with Crippen molar-refractivity contribution in [3.63, 3.8) is 0 Å². The molecule has 438 valence electrons. The molecule has 2 fully saturated rings. The Morgan fingerprint density at radius 3 is 1.65 bits per heavy atom. The molecule has 2 aromatic rings. The first-order valence-corrected chi connectivity index (χ1v) is 26.5. The maximum absolute atomic E-state index is 12.6. The topological polar surface area (TPSA) is 407 Å². The van der Waals surface area contributed by atoms with Crippen LogP contribution in [0.1, 0.15) is 82.6 Å². The molecule has 1 unspecified atom stereocenters. The van der Waals surface area contributed by atoms with Crippen molar-refractivity contribution in [3.8, 4) is 0 Å². The van der Waals surface area contributed by atoms with Gasteiger partial charge in [0.25, 0.3) is 0 Å². The van der Waals surface area contributed by atoms with E-state index in [9.17, 15) is 73.8 Å². The van der Waals surface area contributed by atoms with Gasteiger partial charge >= 0.3 is 47.8 Å². The summed E-state index contributed by atoms with van der Waals surface area (Å²) in [5.74, 6) is -7.30. The lowest BCUT2D eigenvalue weighted by molar-refractivity contribution is -0.142. The monoisotopic (exact) mass is 1120 g/mol. The van der Waals surface area contributed by atoms with Crippen LogP contribution in [0.25, 0.3) is 0 Å². The Labute approximate surface area is 456 Å². The van der Waals surface area contributed by atoms with Crippen LogP contribution < -0.4 is 26.2 Å². The van der Waals surface area contributed by atoms with Crippen LogP contribution in [0.15, 0.2) is 24.3 Å². The Morgan fingerprint density at radius 2 is 1.06 bits per heavy atom. The highest BCUT2D eigenvalue weighted by atomic mass is 16.5. The van der Waals surface area contributed by atoms with E-state index in [1.54, 1.807) is 19.6 Å². The SMILES string of the molecule is O=C(O)CC[C@H](NC(=O)N[C@@H](CCCCC(=O)CCCCCCCNc1nc(Nc2ccc(CC3CN(CC(=O)O)CCN(CC(=O)O)CCN(CC(=O)O)CCN3CC(=O)O)cc2)nc(N2CCOCC2)n1)C(=O)O)C(=O)O. The maximum atomic E-state index is 12.6. The third kappa shape index (κ3) is 26.2. The van der Waals surface area contributed by atoms with Crippen molar-refractivity contribution in [2.45, 2.75) is 102 Å². The summed E-state index contributed by atoms with van der Waals surface area (Å²) in [7, 11) is 0. The smallest absolute Gasteiger partial charge is 0.326 e. The van der Waals surface area contributed by atoms with Crippen molar-refractivity contribution in [2.75, 3.05) is 120 Å². The largest absolute Gasteiger partial charge is 0.481 e. The van der Waals surface area contributed by atoms with Gasteiger partial charge in [-0.1, -0.05) is 37.8 Å². The first kappa shape index (κ1) is 64.2. The molecule has 79 heavy (non-hydrogen) atoms. The van der Waals surface area contributed by atoms with E-state index >= 15 is 0 Å². The van der Waals surface area contributed by atoms with E-state index in [1.807, 2.05) is 29.2 Å². The number of nitrogens with one attached hydrogen (secondary N) is 4. The number of hydrogen-bond donors (Lipinski definition) is 11. The number of morpholine rings is 1. The standard InChI is InChI=1S/C50H76N12O17/c63-37(9-5-6-10-38(45(74)75)53-50(78)54-39(46(76)77)15-16-40(64)65)8-4-2-1-3-7-17-51-47-55-48(57-49(56-47)61-24-26-79-27-25-61)52-35-13-11-34(12-14-35)28-36-29-60(32-43(70)71)21-20-58(30-41(66)67)18-19-59(31-42(68)69)22-23-62(36)33-44(72)73/h11-14,36,38-39H,1-10,15-33H2,(H,64,65)(H,66,67)(H,68,69)(H,70,71)(H,72,73)(H,74,75)(H,76,77)(H2,53,54,78)(H2,51,52,55,56,57)/t36?,38-,39-/m0/s1. The zero-order valence-electron chi connectivity index (χ0n) is 44.3. The predicted molar refractivity (Wildman–Crippen MR) is 283 cm³/mol. The Bertz CT molecular complexity index is 2330. The summed E-state index contributed by atoms with van der Waals surface area (Å²) in [6, 6.07) is 2.90. The van der Waals surface area contributed by atoms with E-state index < -0.39 is 72.4 Å². The number of aliphatic carboxylic acids is 7. The maximum Gasteiger partial charge on any atom is 0.326 e. The van der Waals surface area contributed by atoms with Crippen LogP contribution in [0.4, 0.5) is 28.3 Å². The van der Waals surface area contributed by atoms with Gasteiger partial charge in [0.05, 0.1) is 39.4 Å². The number of ketones is 1. The third-order valence-corrected chi connectivity index (χ3v) is 13.1. The van der Waals surface area contributed by atoms with Gasteiger partial charge in [0, 0.05) is 96.4 Å². The molecule has 0 radical (unpaired) electrons. The molecule has 4 rings (SSSR count). The molecule has 0 bridgehead atoms. The Hall–Kier alpha value is -7.34. The zero-order valence-corrected chi connectivity index (χ0v) is 44.3. The highest BCUT2D eigenvalue weighted by Gasteiger charge is 2.29. The average molecular weight is 1120 g/mol. The van der Waals surface area contributed by atoms with Gasteiger partial charge in [0.1, 0.15) is 17.9 Å². The number of anilines is 4. The molecule has 2 amide bonds. The number of carboxylic acids is 7. The summed E-state index contributed by atoms with van der Waals surface area (Å²) in [5, 5.41) is 77.4. The van der Waals surface area contributed by atoms with E-state index in [0.717, 1.165) is 31.2 Å². The summed E-state index contributed by atoms with van der Waals surface area (Å²) < 4.78 is 5.54. The van der Waals surface area contributed by atoms with Gasteiger partial charge in [0.2, 0.25) is 17.8 Å². The Morgan fingerprint density at radius 1 is 0.544 bits per heavy atom. The highest BCUT2D eigenvalue weighted by Crippen LogP contribution is 2.22. The summed E-state index contributed by atoms with van der Waals surface area (Å²) >= 11 is 0. The average Bonchev–Trinajstić information content (AvgIpc) is 3.42. The minimum atomic E-state index is -1.51. The summed E-state index contributed by atoms with van der Waals surface area (Å²) in [6.07, 6.45) is 4.78. The lowest BCUT2D eigenvalue weighted by Gasteiger charge is -2.37. The Kier molecular flexibility index (Phi) is 28.0. The van der Waals surface area contributed by atoms with E-state index in [1.165, 1.54) is 0 Å². The Balaban J connectivity index is 1.30. The number of rotatable bonds is 34. The number of ether oxygens (including phenoxy) is 1. The number of nitrogens with zero attached hydrogens (tertiary/aromatic N) is 8. The number of unbranched alkanes of at least 4 members (excludes halogenated alkanes) is 5. The number of benzene rings is 1. The van der Waals surface area contributed by atoms with Gasteiger partial charge in [0.15, 0.2) is 0 Å². The van der Waals surface area contributed by atoms with Gasteiger partial charge in [-0.05, 0) is 56.2 Å². The summed E-state index contributed by atoms with van der Waals surface area (Å²) in [6.45, 7) is 2.49. The predicted octanol–water partition coefficient (Wildman–Crippen LogP) is 0.875. The quantitative estimate of drug-likeness (QED) is 0.0433. The van der Waals surface area contributed by atoms with Gasteiger partial charge in [-0.15, -0.1) is 0 Å². The van der Waals surface area contributed by atoms with Crippen LogP contribution in [-0.4, -0.2) is 247 Å². The number of urea groups is 1. The van der Waals surface area contributed by atoms with Gasteiger partial charge in [-0.3, -0.25) is 48.4 Å². The van der Waals surface area contributed by atoms with Crippen LogP contribution >= 0.6 is 0 Å². The molecule has 29 nitrogen and oxygen atoms in total. The fraction of sp³-hybridized carbons (Fsp3) is 0.640. The van der Waals surface area contributed by atoms with Crippen molar-refractivity contribution in [1.82, 2.24) is 45.2 Å². The molecule has 0 spiro atoms.